The van der Waals surface area contributed by atoms with Gasteiger partial charge in [0.25, 0.3) is 5.91 Å². The number of hydrogen-bond acceptors (Lipinski definition) is 5. The molecule has 1 atom stereocenters. The molecule has 0 unspecified atom stereocenters. The largest absolute Gasteiger partial charge is 0.340 e. The second-order valence-electron chi connectivity index (χ2n) is 6.03. The van der Waals surface area contributed by atoms with Crippen LogP contribution in [0.5, 0.6) is 0 Å². The van der Waals surface area contributed by atoms with E-state index in [0.29, 0.717) is 28.2 Å². The minimum Gasteiger partial charge on any atom is -0.340 e. The van der Waals surface area contributed by atoms with Gasteiger partial charge in [-0.2, -0.15) is 0 Å². The maximum Gasteiger partial charge on any atom is 0.266 e. The highest BCUT2D eigenvalue weighted by Crippen LogP contribution is 2.33. The number of thioether (sulfide) groups is 1. The Morgan fingerprint density at radius 2 is 2.29 bits per heavy atom. The van der Waals surface area contributed by atoms with Gasteiger partial charge in [0, 0.05) is 30.4 Å². The molecule has 1 aromatic heterocycles. The van der Waals surface area contributed by atoms with Gasteiger partial charge in [-0.1, -0.05) is 30.0 Å². The zero-order valence-electron chi connectivity index (χ0n) is 13.6. The average Bonchev–Trinajstić information content (AvgIpc) is 3.15. The number of amides is 2. The lowest BCUT2D eigenvalue weighted by molar-refractivity contribution is -0.134. The van der Waals surface area contributed by atoms with Gasteiger partial charge in [0.2, 0.25) is 5.91 Å². The van der Waals surface area contributed by atoms with Crippen LogP contribution in [0.4, 0.5) is 0 Å². The van der Waals surface area contributed by atoms with E-state index in [4.69, 9.17) is 12.2 Å². The van der Waals surface area contributed by atoms with Crippen LogP contribution in [0.15, 0.2) is 22.4 Å². The van der Waals surface area contributed by atoms with Gasteiger partial charge in [-0.15, -0.1) is 11.3 Å². The predicted molar refractivity (Wildman–Crippen MR) is 104 cm³/mol. The summed E-state index contributed by atoms with van der Waals surface area (Å²) in [6.45, 7) is 3.30. The van der Waals surface area contributed by atoms with Crippen LogP contribution < -0.4 is 0 Å². The second-order valence-corrected chi connectivity index (χ2v) is 8.69. The van der Waals surface area contributed by atoms with Crippen molar-refractivity contribution < 1.29 is 9.59 Å². The van der Waals surface area contributed by atoms with E-state index in [9.17, 15) is 9.59 Å². The third-order valence-electron chi connectivity index (χ3n) is 4.36. The fraction of sp³-hybridized carbons (Fsp3) is 0.471. The molecule has 0 radical (unpaired) electrons. The van der Waals surface area contributed by atoms with Crippen molar-refractivity contribution in [2.75, 3.05) is 13.1 Å². The number of piperidine rings is 1. The zero-order chi connectivity index (χ0) is 17.1. The Kier molecular flexibility index (Phi) is 5.73. The summed E-state index contributed by atoms with van der Waals surface area (Å²) in [7, 11) is 0. The summed E-state index contributed by atoms with van der Waals surface area (Å²) in [5.41, 5.74) is 0. The Labute approximate surface area is 155 Å². The minimum absolute atomic E-state index is 0.0853. The van der Waals surface area contributed by atoms with Gasteiger partial charge in [-0.25, -0.2) is 0 Å². The van der Waals surface area contributed by atoms with E-state index in [-0.39, 0.29) is 11.8 Å². The Bertz CT molecular complexity index is 669. The van der Waals surface area contributed by atoms with Crippen LogP contribution >= 0.6 is 35.3 Å². The van der Waals surface area contributed by atoms with Gasteiger partial charge >= 0.3 is 0 Å². The van der Waals surface area contributed by atoms with Crippen LogP contribution in [0.25, 0.3) is 6.08 Å². The first kappa shape index (κ1) is 17.6. The Hall–Kier alpha value is -1.18. The highest BCUT2D eigenvalue weighted by molar-refractivity contribution is 8.26. The lowest BCUT2D eigenvalue weighted by Gasteiger charge is -2.33. The quantitative estimate of drug-likeness (QED) is 0.589. The predicted octanol–water partition coefficient (Wildman–Crippen LogP) is 3.74. The molecule has 4 nitrogen and oxygen atoms in total. The van der Waals surface area contributed by atoms with Crippen LogP contribution in [0.1, 0.15) is 37.5 Å². The van der Waals surface area contributed by atoms with Crippen molar-refractivity contribution >= 4 is 57.5 Å². The topological polar surface area (TPSA) is 40.6 Å². The summed E-state index contributed by atoms with van der Waals surface area (Å²) in [4.78, 5) is 30.2. The average molecular weight is 381 g/mol. The van der Waals surface area contributed by atoms with E-state index in [2.05, 4.69) is 6.92 Å². The first-order valence-corrected chi connectivity index (χ1v) is 10.2. The number of rotatable bonds is 4. The zero-order valence-corrected chi connectivity index (χ0v) is 16.0. The number of hydrogen-bond donors (Lipinski definition) is 0. The molecular formula is C17H20N2O2S3. The van der Waals surface area contributed by atoms with E-state index >= 15 is 0 Å². The molecule has 0 spiro atoms. The van der Waals surface area contributed by atoms with Gasteiger partial charge in [-0.3, -0.25) is 14.5 Å². The summed E-state index contributed by atoms with van der Waals surface area (Å²) in [5, 5.41) is 1.98. The molecule has 0 aliphatic carbocycles. The third kappa shape index (κ3) is 3.90. The van der Waals surface area contributed by atoms with Crippen molar-refractivity contribution in [2.45, 2.75) is 38.6 Å². The Balaban J connectivity index is 1.60. The standard InChI is InChI=1S/C17H20N2O2S3/c1-12-5-2-3-8-18(12)15(20)7-9-19-16(21)14(24-17(19)22)11-13-6-4-10-23-13/h4,6,10-12H,2-3,5,7-9H2,1H3/b14-11+/t12-/m1/s1. The summed E-state index contributed by atoms with van der Waals surface area (Å²) < 4.78 is 0.544. The maximum absolute atomic E-state index is 12.5. The Morgan fingerprint density at radius 1 is 1.46 bits per heavy atom. The maximum atomic E-state index is 12.5. The molecule has 0 aromatic carbocycles. The van der Waals surface area contributed by atoms with Crippen LogP contribution in [0.3, 0.4) is 0 Å². The molecule has 2 saturated heterocycles. The molecule has 2 amide bonds. The highest BCUT2D eigenvalue weighted by Gasteiger charge is 2.33. The van der Waals surface area contributed by atoms with Crippen molar-refractivity contribution in [1.82, 2.24) is 9.80 Å². The van der Waals surface area contributed by atoms with Crippen molar-refractivity contribution in [3.8, 4) is 0 Å². The summed E-state index contributed by atoms with van der Waals surface area (Å²) in [6, 6.07) is 4.23. The second kappa shape index (κ2) is 7.80. The van der Waals surface area contributed by atoms with Crippen LogP contribution in [-0.4, -0.2) is 45.1 Å². The van der Waals surface area contributed by atoms with Crippen molar-refractivity contribution in [3.05, 3.63) is 27.3 Å². The first-order chi connectivity index (χ1) is 11.6. The monoisotopic (exact) mass is 380 g/mol. The number of carbonyl (C=O) groups excluding carboxylic acids is 2. The molecule has 2 fully saturated rings. The Morgan fingerprint density at radius 3 is 3.00 bits per heavy atom. The molecule has 1 aromatic rings. The molecule has 0 bridgehead atoms. The van der Waals surface area contributed by atoms with Crippen LogP contribution in [-0.2, 0) is 9.59 Å². The number of carbonyl (C=O) groups is 2. The van der Waals surface area contributed by atoms with Gasteiger partial charge in [-0.05, 0) is 43.7 Å². The van der Waals surface area contributed by atoms with E-state index < -0.39 is 0 Å². The highest BCUT2D eigenvalue weighted by atomic mass is 32.2. The molecule has 3 rings (SSSR count). The normalized spacial score (nSPS) is 23.4. The van der Waals surface area contributed by atoms with Crippen molar-refractivity contribution in [3.63, 3.8) is 0 Å². The van der Waals surface area contributed by atoms with Crippen molar-refractivity contribution in [1.29, 1.82) is 0 Å². The molecule has 128 valence electrons. The van der Waals surface area contributed by atoms with Gasteiger partial charge in [0.15, 0.2) is 0 Å². The lowest BCUT2D eigenvalue weighted by atomic mass is 10.0. The fourth-order valence-corrected chi connectivity index (χ4v) is 5.05. The summed E-state index contributed by atoms with van der Waals surface area (Å²) >= 11 is 8.23. The van der Waals surface area contributed by atoms with E-state index in [0.717, 1.165) is 24.3 Å². The molecule has 2 aliphatic heterocycles. The first-order valence-electron chi connectivity index (χ1n) is 8.14. The number of likely N-dealkylation sites (tertiary alicyclic amines) is 1. The van der Waals surface area contributed by atoms with Gasteiger partial charge < -0.3 is 4.90 Å². The summed E-state index contributed by atoms with van der Waals surface area (Å²) in [5.74, 6) is 0.0383. The molecule has 24 heavy (non-hydrogen) atoms. The van der Waals surface area contributed by atoms with Crippen LogP contribution in [0.2, 0.25) is 0 Å². The van der Waals surface area contributed by atoms with Gasteiger partial charge in [0.05, 0.1) is 4.91 Å². The minimum atomic E-state index is -0.0853. The molecule has 3 heterocycles. The van der Waals surface area contributed by atoms with E-state index in [1.54, 1.807) is 16.2 Å². The molecule has 2 aliphatic rings. The SMILES string of the molecule is C[C@@H]1CCCCN1C(=O)CCN1C(=O)/C(=C\c2cccs2)SC1=S. The molecular weight excluding hydrogens is 360 g/mol. The smallest absolute Gasteiger partial charge is 0.266 e. The molecule has 0 saturated carbocycles. The number of nitrogens with zero attached hydrogens (tertiary/aromatic N) is 2. The molecule has 7 heteroatoms. The lowest BCUT2D eigenvalue weighted by Crippen LogP contribution is -2.43. The van der Waals surface area contributed by atoms with Crippen molar-refractivity contribution in [2.24, 2.45) is 0 Å². The van der Waals surface area contributed by atoms with Gasteiger partial charge in [0.1, 0.15) is 4.32 Å². The number of thiocarbonyl (C=S) groups is 1. The van der Waals surface area contributed by atoms with E-state index in [1.165, 1.54) is 18.2 Å². The van der Waals surface area contributed by atoms with E-state index in [1.807, 2.05) is 28.5 Å². The number of thiophene rings is 1. The fourth-order valence-electron chi connectivity index (χ4n) is 3.02. The van der Waals surface area contributed by atoms with Crippen LogP contribution in [0, 0.1) is 0 Å². The summed E-state index contributed by atoms with van der Waals surface area (Å²) in [6.07, 6.45) is 5.53. The third-order valence-corrected chi connectivity index (χ3v) is 6.56. The molecule has 0 N–H and O–H groups in total.